The van der Waals surface area contributed by atoms with Crippen molar-refractivity contribution < 1.29 is 14.2 Å². The Balaban J connectivity index is 2.64. The number of hydrogen-bond donors (Lipinski definition) is 1. The lowest BCUT2D eigenvalue weighted by Crippen LogP contribution is -2.42. The second-order valence-electron chi connectivity index (χ2n) is 4.84. The predicted octanol–water partition coefficient (Wildman–Crippen LogP) is 2.86. The average molecular weight is 330 g/mol. The van der Waals surface area contributed by atoms with Gasteiger partial charge in [-0.05, 0) is 28.8 Å². The molecule has 0 bridgehead atoms. The van der Waals surface area contributed by atoms with Gasteiger partial charge < -0.3 is 19.9 Å². The van der Waals surface area contributed by atoms with Crippen LogP contribution < -0.4 is 19.9 Å². The molecule has 19 heavy (non-hydrogen) atoms. The molecule has 0 unspecified atom stereocenters. The van der Waals surface area contributed by atoms with Crippen molar-refractivity contribution in [3.63, 3.8) is 0 Å². The Bertz CT molecular complexity index is 467. The molecule has 1 fully saturated rings. The molecule has 0 amide bonds. The zero-order valence-corrected chi connectivity index (χ0v) is 13.2. The van der Waals surface area contributed by atoms with Crippen molar-refractivity contribution in [3.05, 3.63) is 16.1 Å². The molecule has 0 atom stereocenters. The summed E-state index contributed by atoms with van der Waals surface area (Å²) < 4.78 is 17.2. The topological polar surface area (TPSA) is 53.7 Å². The highest BCUT2D eigenvalue weighted by atomic mass is 79.9. The number of ether oxygens (including phenoxy) is 3. The molecule has 4 nitrogen and oxygen atoms in total. The van der Waals surface area contributed by atoms with Crippen LogP contribution in [0.3, 0.4) is 0 Å². The summed E-state index contributed by atoms with van der Waals surface area (Å²) >= 11 is 3.64. The van der Waals surface area contributed by atoms with E-state index < -0.39 is 0 Å². The predicted molar refractivity (Wildman–Crippen MR) is 78.4 cm³/mol. The lowest BCUT2D eigenvalue weighted by atomic mass is 9.64. The Morgan fingerprint density at radius 2 is 1.79 bits per heavy atom. The van der Waals surface area contributed by atoms with E-state index in [4.69, 9.17) is 19.9 Å². The molecule has 2 rings (SSSR count). The van der Waals surface area contributed by atoms with Gasteiger partial charge in [-0.1, -0.05) is 6.42 Å². The summed E-state index contributed by atoms with van der Waals surface area (Å²) in [6, 6.07) is 1.87. The van der Waals surface area contributed by atoms with Gasteiger partial charge in [0.15, 0.2) is 11.5 Å². The summed E-state index contributed by atoms with van der Waals surface area (Å²) in [6.07, 6.45) is 3.35. The van der Waals surface area contributed by atoms with Gasteiger partial charge in [-0.3, -0.25) is 0 Å². The maximum atomic E-state index is 6.01. The first kappa shape index (κ1) is 14.5. The smallest absolute Gasteiger partial charge is 0.175 e. The van der Waals surface area contributed by atoms with Crippen molar-refractivity contribution in [2.24, 2.45) is 5.73 Å². The Labute approximate surface area is 122 Å². The van der Waals surface area contributed by atoms with Crippen molar-refractivity contribution in [2.45, 2.75) is 24.7 Å². The molecule has 1 aromatic rings. The molecule has 0 radical (unpaired) electrons. The number of nitrogens with two attached hydrogens (primary N) is 1. The fourth-order valence-electron chi connectivity index (χ4n) is 2.74. The summed E-state index contributed by atoms with van der Waals surface area (Å²) in [6.45, 7) is 0.609. The largest absolute Gasteiger partial charge is 0.496 e. The summed E-state index contributed by atoms with van der Waals surface area (Å²) in [4.78, 5) is 0. The van der Waals surface area contributed by atoms with E-state index in [0.717, 1.165) is 28.6 Å². The van der Waals surface area contributed by atoms with Gasteiger partial charge in [0.2, 0.25) is 0 Å². The van der Waals surface area contributed by atoms with Gasteiger partial charge in [0.1, 0.15) is 5.75 Å². The summed E-state index contributed by atoms with van der Waals surface area (Å²) in [7, 11) is 4.92. The van der Waals surface area contributed by atoms with E-state index in [-0.39, 0.29) is 5.41 Å². The third-order valence-electron chi connectivity index (χ3n) is 4.03. The second-order valence-corrected chi connectivity index (χ2v) is 5.63. The van der Waals surface area contributed by atoms with Gasteiger partial charge in [-0.2, -0.15) is 0 Å². The van der Waals surface area contributed by atoms with Crippen LogP contribution >= 0.6 is 15.9 Å². The van der Waals surface area contributed by atoms with Crippen molar-refractivity contribution in [3.8, 4) is 17.2 Å². The minimum atomic E-state index is -0.0102. The van der Waals surface area contributed by atoms with Crippen LogP contribution in [0, 0.1) is 0 Å². The zero-order valence-electron chi connectivity index (χ0n) is 11.6. The summed E-state index contributed by atoms with van der Waals surface area (Å²) in [5.41, 5.74) is 7.10. The molecular formula is C14H20BrNO3. The molecule has 5 heteroatoms. The lowest BCUT2D eigenvalue weighted by molar-refractivity contribution is 0.239. The first-order valence-electron chi connectivity index (χ1n) is 6.32. The lowest BCUT2D eigenvalue weighted by Gasteiger charge is -2.43. The molecule has 1 saturated carbocycles. The highest BCUT2D eigenvalue weighted by Gasteiger charge is 2.42. The molecule has 1 aliphatic rings. The van der Waals surface area contributed by atoms with Crippen LogP contribution in [0.2, 0.25) is 0 Å². The van der Waals surface area contributed by atoms with Crippen LogP contribution in [0.15, 0.2) is 10.5 Å². The first-order valence-corrected chi connectivity index (χ1v) is 7.12. The van der Waals surface area contributed by atoms with Gasteiger partial charge in [-0.25, -0.2) is 0 Å². The molecule has 2 N–H and O–H groups in total. The Morgan fingerprint density at radius 3 is 2.16 bits per heavy atom. The van der Waals surface area contributed by atoms with Crippen molar-refractivity contribution in [2.75, 3.05) is 27.9 Å². The molecule has 0 saturated heterocycles. The Kier molecular flexibility index (Phi) is 4.26. The van der Waals surface area contributed by atoms with Crippen LogP contribution in [0.25, 0.3) is 0 Å². The van der Waals surface area contributed by atoms with E-state index in [1.165, 1.54) is 6.42 Å². The number of rotatable bonds is 5. The van der Waals surface area contributed by atoms with Crippen LogP contribution in [-0.4, -0.2) is 27.9 Å². The number of benzene rings is 1. The number of halogens is 1. The number of methoxy groups -OCH3 is 3. The third-order valence-corrected chi connectivity index (χ3v) is 4.78. The zero-order chi connectivity index (χ0) is 14.0. The second kappa shape index (κ2) is 5.59. The molecule has 1 aromatic carbocycles. The van der Waals surface area contributed by atoms with E-state index in [1.807, 2.05) is 6.07 Å². The summed E-state index contributed by atoms with van der Waals surface area (Å²) in [5, 5.41) is 0. The quantitative estimate of drug-likeness (QED) is 0.902. The molecule has 0 spiro atoms. The van der Waals surface area contributed by atoms with E-state index in [2.05, 4.69) is 15.9 Å². The van der Waals surface area contributed by atoms with Crippen molar-refractivity contribution in [1.82, 2.24) is 0 Å². The maximum Gasteiger partial charge on any atom is 0.175 e. The number of hydrogen-bond acceptors (Lipinski definition) is 4. The molecule has 0 heterocycles. The van der Waals surface area contributed by atoms with Crippen molar-refractivity contribution in [1.29, 1.82) is 0 Å². The molecule has 0 aromatic heterocycles. The van der Waals surface area contributed by atoms with Gasteiger partial charge >= 0.3 is 0 Å². The first-order chi connectivity index (χ1) is 9.13. The Hall–Kier alpha value is -0.940. The van der Waals surface area contributed by atoms with Crippen molar-refractivity contribution >= 4 is 15.9 Å². The molecule has 106 valence electrons. The van der Waals surface area contributed by atoms with E-state index in [0.29, 0.717) is 18.0 Å². The standard InChI is InChI=1S/C14H20BrNO3/c1-17-9-7-10(18-2)13(19-3)12(15)11(9)14(8-16)5-4-6-14/h7H,4-6,8,16H2,1-3H3. The monoisotopic (exact) mass is 329 g/mol. The molecule has 0 aliphatic heterocycles. The van der Waals surface area contributed by atoms with Gasteiger partial charge in [0.05, 0.1) is 25.8 Å². The van der Waals surface area contributed by atoms with Gasteiger partial charge in [0, 0.05) is 23.6 Å². The average Bonchev–Trinajstić information content (AvgIpc) is 2.39. The fourth-order valence-corrected chi connectivity index (χ4v) is 3.72. The third kappa shape index (κ3) is 2.19. The molecular weight excluding hydrogens is 310 g/mol. The SMILES string of the molecule is COc1cc(OC)c(C2(CN)CCC2)c(Br)c1OC. The van der Waals surface area contributed by atoms with Gasteiger partial charge in [0.25, 0.3) is 0 Å². The maximum absolute atomic E-state index is 6.01. The highest BCUT2D eigenvalue weighted by molar-refractivity contribution is 9.10. The van der Waals surface area contributed by atoms with Crippen LogP contribution in [0.5, 0.6) is 17.2 Å². The normalized spacial score (nSPS) is 16.7. The highest BCUT2D eigenvalue weighted by Crippen LogP contribution is 2.53. The minimum absolute atomic E-state index is 0.0102. The van der Waals surface area contributed by atoms with E-state index in [1.54, 1.807) is 21.3 Å². The Morgan fingerprint density at radius 1 is 1.16 bits per heavy atom. The van der Waals surface area contributed by atoms with Crippen LogP contribution in [0.1, 0.15) is 24.8 Å². The fraction of sp³-hybridized carbons (Fsp3) is 0.571. The van der Waals surface area contributed by atoms with Gasteiger partial charge in [-0.15, -0.1) is 0 Å². The van der Waals surface area contributed by atoms with E-state index >= 15 is 0 Å². The van der Waals surface area contributed by atoms with E-state index in [9.17, 15) is 0 Å². The summed E-state index contributed by atoms with van der Waals surface area (Å²) in [5.74, 6) is 2.15. The minimum Gasteiger partial charge on any atom is -0.496 e. The van der Waals surface area contributed by atoms with Crippen LogP contribution in [0.4, 0.5) is 0 Å². The molecule has 1 aliphatic carbocycles. The van der Waals surface area contributed by atoms with Crippen LogP contribution in [-0.2, 0) is 5.41 Å².